The highest BCUT2D eigenvalue weighted by atomic mass is 19.4. The summed E-state index contributed by atoms with van der Waals surface area (Å²) in [5.41, 5.74) is 1.18. The minimum absolute atomic E-state index is 0.141. The number of aromatic nitrogens is 8. The first-order valence-corrected chi connectivity index (χ1v) is 11.5. The molecule has 1 aliphatic heterocycles. The summed E-state index contributed by atoms with van der Waals surface area (Å²) in [6.45, 7) is 2.79. The number of nitrogens with one attached hydrogen (secondary N) is 1. The third-order valence-electron chi connectivity index (χ3n) is 6.43. The molecule has 5 aromatic heterocycles. The van der Waals surface area contributed by atoms with Crippen molar-refractivity contribution >= 4 is 17.4 Å². The summed E-state index contributed by atoms with van der Waals surface area (Å²) in [6, 6.07) is 3.60. The van der Waals surface area contributed by atoms with Crippen molar-refractivity contribution in [1.82, 2.24) is 44.8 Å². The van der Waals surface area contributed by atoms with Gasteiger partial charge < -0.3 is 9.80 Å². The number of aryl methyl sites for hydroxylation is 1. The van der Waals surface area contributed by atoms with Gasteiger partial charge in [0, 0.05) is 43.8 Å². The molecule has 15 heteroatoms. The Labute approximate surface area is 212 Å². The average molecular weight is 524 g/mol. The van der Waals surface area contributed by atoms with Crippen LogP contribution < -0.4 is 4.90 Å². The van der Waals surface area contributed by atoms with E-state index in [9.17, 15) is 18.0 Å². The number of hydrogen-bond donors (Lipinski definition) is 1. The van der Waals surface area contributed by atoms with Crippen molar-refractivity contribution in [1.29, 1.82) is 0 Å². The number of halogens is 3. The molecule has 1 amide bonds. The van der Waals surface area contributed by atoms with E-state index in [2.05, 4.69) is 35.5 Å². The molecule has 5 aromatic rings. The maximum atomic E-state index is 13.3. The van der Waals surface area contributed by atoms with E-state index in [-0.39, 0.29) is 17.4 Å². The van der Waals surface area contributed by atoms with Gasteiger partial charge in [-0.2, -0.15) is 18.3 Å². The van der Waals surface area contributed by atoms with Crippen molar-refractivity contribution in [2.24, 2.45) is 0 Å². The quantitative estimate of drug-likeness (QED) is 0.377. The summed E-state index contributed by atoms with van der Waals surface area (Å²) in [7, 11) is 0. The van der Waals surface area contributed by atoms with Gasteiger partial charge in [0.15, 0.2) is 11.5 Å². The van der Waals surface area contributed by atoms with Crippen LogP contribution in [0, 0.1) is 6.92 Å². The lowest BCUT2D eigenvalue weighted by Crippen LogP contribution is -2.51. The van der Waals surface area contributed by atoms with E-state index in [1.54, 1.807) is 36.5 Å². The molecule has 0 bridgehead atoms. The van der Waals surface area contributed by atoms with Gasteiger partial charge in [-0.15, -0.1) is 0 Å². The number of nitrogens with zero attached hydrogens (tertiary/aromatic N) is 9. The highest BCUT2D eigenvalue weighted by molar-refractivity contribution is 5.93. The van der Waals surface area contributed by atoms with Gasteiger partial charge in [-0.1, -0.05) is 5.16 Å². The van der Waals surface area contributed by atoms with Crippen LogP contribution in [0.1, 0.15) is 33.4 Å². The molecule has 1 aliphatic rings. The molecule has 1 saturated heterocycles. The van der Waals surface area contributed by atoms with E-state index < -0.39 is 17.8 Å². The predicted molar refractivity (Wildman–Crippen MR) is 125 cm³/mol. The number of aromatic amines is 1. The van der Waals surface area contributed by atoms with Crippen LogP contribution in [0.2, 0.25) is 0 Å². The molecule has 0 radical (unpaired) electrons. The van der Waals surface area contributed by atoms with Crippen molar-refractivity contribution < 1.29 is 22.6 Å². The molecule has 0 aromatic carbocycles. The molecule has 1 N–H and O–H groups in total. The van der Waals surface area contributed by atoms with Crippen LogP contribution in [0.5, 0.6) is 0 Å². The SMILES string of the molecule is Cc1nonc1C(=O)N1CCN(c2ccnc(-c3cnc4ccc(C(F)(F)F)cn34)n2)CC1c1cn[nH]c1. The maximum absolute atomic E-state index is 13.3. The van der Waals surface area contributed by atoms with E-state index in [0.29, 0.717) is 42.5 Å². The van der Waals surface area contributed by atoms with Crippen LogP contribution in [0.4, 0.5) is 19.0 Å². The van der Waals surface area contributed by atoms with Crippen molar-refractivity contribution in [2.75, 3.05) is 24.5 Å². The van der Waals surface area contributed by atoms with E-state index >= 15 is 0 Å². The van der Waals surface area contributed by atoms with Gasteiger partial charge in [0.25, 0.3) is 5.91 Å². The van der Waals surface area contributed by atoms with E-state index in [1.165, 1.54) is 16.7 Å². The minimum Gasteiger partial charge on any atom is -0.352 e. The number of carbonyl (C=O) groups is 1. The second-order valence-corrected chi connectivity index (χ2v) is 8.72. The second kappa shape index (κ2) is 8.93. The Hall–Kier alpha value is -4.82. The first kappa shape index (κ1) is 23.6. The highest BCUT2D eigenvalue weighted by Crippen LogP contribution is 2.32. The number of H-pyrrole nitrogens is 1. The van der Waals surface area contributed by atoms with Crippen molar-refractivity contribution in [3.63, 3.8) is 0 Å². The molecular weight excluding hydrogens is 505 g/mol. The third kappa shape index (κ3) is 4.10. The molecule has 0 aliphatic carbocycles. The number of rotatable bonds is 4. The van der Waals surface area contributed by atoms with Gasteiger partial charge in [0.05, 0.1) is 24.0 Å². The molecule has 6 rings (SSSR count). The van der Waals surface area contributed by atoms with Gasteiger partial charge >= 0.3 is 6.18 Å². The zero-order valence-corrected chi connectivity index (χ0v) is 19.8. The number of hydrogen-bond acceptors (Lipinski definition) is 9. The number of piperazine rings is 1. The molecule has 38 heavy (non-hydrogen) atoms. The summed E-state index contributed by atoms with van der Waals surface area (Å²) < 4.78 is 45.9. The Kier molecular flexibility index (Phi) is 5.54. The van der Waals surface area contributed by atoms with Crippen molar-refractivity contribution in [3.05, 3.63) is 71.7 Å². The summed E-state index contributed by atoms with van der Waals surface area (Å²) in [5.74, 6) is 0.456. The zero-order valence-electron chi connectivity index (χ0n) is 19.8. The number of amides is 1. The lowest BCUT2D eigenvalue weighted by atomic mass is 10.0. The molecule has 1 atom stereocenters. The Morgan fingerprint density at radius 3 is 2.74 bits per heavy atom. The fourth-order valence-corrected chi connectivity index (χ4v) is 4.49. The van der Waals surface area contributed by atoms with Gasteiger partial charge in [-0.25, -0.2) is 19.6 Å². The molecule has 1 unspecified atom stereocenters. The monoisotopic (exact) mass is 524 g/mol. The van der Waals surface area contributed by atoms with E-state index in [4.69, 9.17) is 4.63 Å². The van der Waals surface area contributed by atoms with Crippen LogP contribution >= 0.6 is 0 Å². The van der Waals surface area contributed by atoms with Crippen LogP contribution in [0.25, 0.3) is 17.2 Å². The number of alkyl halides is 3. The average Bonchev–Trinajstić information content (AvgIpc) is 3.68. The summed E-state index contributed by atoms with van der Waals surface area (Å²) >= 11 is 0. The summed E-state index contributed by atoms with van der Waals surface area (Å²) in [4.78, 5) is 30.0. The Bertz CT molecular complexity index is 1610. The lowest BCUT2D eigenvalue weighted by molar-refractivity contribution is -0.137. The number of imidazole rings is 1. The fourth-order valence-electron chi connectivity index (χ4n) is 4.49. The normalized spacial score (nSPS) is 16.4. The first-order valence-electron chi connectivity index (χ1n) is 11.5. The minimum atomic E-state index is -4.50. The van der Waals surface area contributed by atoms with Crippen LogP contribution in [-0.4, -0.2) is 70.3 Å². The largest absolute Gasteiger partial charge is 0.417 e. The first-order chi connectivity index (χ1) is 18.3. The molecule has 0 spiro atoms. The number of fused-ring (bicyclic) bond motifs is 1. The third-order valence-corrected chi connectivity index (χ3v) is 6.43. The molecule has 0 saturated carbocycles. The predicted octanol–water partition coefficient (Wildman–Crippen LogP) is 2.93. The molecule has 12 nitrogen and oxygen atoms in total. The second-order valence-electron chi connectivity index (χ2n) is 8.72. The van der Waals surface area contributed by atoms with Gasteiger partial charge in [0.1, 0.15) is 22.9 Å². The Morgan fingerprint density at radius 2 is 2.00 bits per heavy atom. The fraction of sp³-hybridized carbons (Fsp3) is 0.261. The molecule has 194 valence electrons. The van der Waals surface area contributed by atoms with Crippen LogP contribution in [-0.2, 0) is 6.18 Å². The van der Waals surface area contributed by atoms with Crippen LogP contribution in [0.15, 0.2) is 53.8 Å². The smallest absolute Gasteiger partial charge is 0.352 e. The lowest BCUT2D eigenvalue weighted by Gasteiger charge is -2.41. The van der Waals surface area contributed by atoms with Crippen molar-refractivity contribution in [3.8, 4) is 11.5 Å². The van der Waals surface area contributed by atoms with Crippen LogP contribution in [0.3, 0.4) is 0 Å². The van der Waals surface area contributed by atoms with Gasteiger partial charge in [-0.3, -0.25) is 14.3 Å². The number of pyridine rings is 1. The molecule has 1 fully saturated rings. The Morgan fingerprint density at radius 1 is 1.13 bits per heavy atom. The topological polar surface area (TPSA) is 134 Å². The standard InChI is InChI=1S/C23H19F3N10O2/c1-13-20(33-38-32-13)22(37)35-7-6-34(12-17(35)14-8-29-30-9-14)19-4-5-27-21(31-19)16-10-28-18-3-2-15(11-36(16)18)23(24,25)26/h2-5,8-11,17H,6-7,12H2,1H3,(H,29,30). The summed E-state index contributed by atoms with van der Waals surface area (Å²) in [5, 5.41) is 14.3. The van der Waals surface area contributed by atoms with E-state index in [1.807, 2.05) is 4.90 Å². The number of carbonyl (C=O) groups excluding carboxylic acids is 1. The summed E-state index contributed by atoms with van der Waals surface area (Å²) in [6.07, 6.45) is 2.81. The van der Waals surface area contributed by atoms with E-state index in [0.717, 1.165) is 17.8 Å². The molecule has 6 heterocycles. The highest BCUT2D eigenvalue weighted by Gasteiger charge is 2.35. The molecular formula is C23H19F3N10O2. The Balaban J connectivity index is 1.32. The van der Waals surface area contributed by atoms with Crippen molar-refractivity contribution in [2.45, 2.75) is 19.1 Å². The maximum Gasteiger partial charge on any atom is 0.417 e. The zero-order chi connectivity index (χ0) is 26.4. The van der Waals surface area contributed by atoms with Gasteiger partial charge in [0.2, 0.25) is 0 Å². The van der Waals surface area contributed by atoms with Gasteiger partial charge in [-0.05, 0) is 30.3 Å². The number of anilines is 1.